The Hall–Kier alpha value is -1.94. The van der Waals surface area contributed by atoms with Crippen molar-refractivity contribution in [3.8, 4) is 5.75 Å². The lowest BCUT2D eigenvalue weighted by Crippen LogP contribution is -2.12. The van der Waals surface area contributed by atoms with Gasteiger partial charge >= 0.3 is 0 Å². The van der Waals surface area contributed by atoms with E-state index in [1.54, 1.807) is 30.5 Å². The van der Waals surface area contributed by atoms with E-state index >= 15 is 0 Å². The average Bonchev–Trinajstić information content (AvgIpc) is 2.34. The van der Waals surface area contributed by atoms with E-state index in [0.717, 1.165) is 11.4 Å². The largest absolute Gasteiger partial charge is 0.508 e. The van der Waals surface area contributed by atoms with Crippen LogP contribution in [0.5, 0.6) is 5.75 Å². The van der Waals surface area contributed by atoms with Crippen LogP contribution in [0.1, 0.15) is 13.8 Å². The monoisotopic (exact) mass is 277 g/mol. The lowest BCUT2D eigenvalue weighted by molar-refractivity contribution is 0.475. The third-order valence-corrected chi connectivity index (χ3v) is 2.64. The molecule has 0 saturated carbocycles. The van der Waals surface area contributed by atoms with Crippen molar-refractivity contribution < 1.29 is 5.11 Å². The molecule has 0 saturated heterocycles. The maximum atomic E-state index is 9.26. The number of rotatable bonds is 4. The molecule has 1 aromatic heterocycles. The molecule has 0 aliphatic carbocycles. The first-order valence-electron chi connectivity index (χ1n) is 6.03. The molecule has 0 fully saturated rings. The zero-order valence-electron chi connectivity index (χ0n) is 10.8. The summed E-state index contributed by atoms with van der Waals surface area (Å²) in [6.45, 7) is 4.09. The maximum Gasteiger partial charge on any atom is 0.153 e. The first-order valence-corrected chi connectivity index (χ1v) is 6.40. The fourth-order valence-electron chi connectivity index (χ4n) is 1.64. The minimum absolute atomic E-state index is 0.232. The maximum absolute atomic E-state index is 9.26. The van der Waals surface area contributed by atoms with Crippen LogP contribution in [0.3, 0.4) is 0 Å². The Bertz CT molecular complexity index is 555. The molecule has 4 nitrogen and oxygen atoms in total. The molecule has 0 spiro atoms. The number of hydrogen-bond acceptors (Lipinski definition) is 4. The number of aromatic nitrogens is 1. The molecular formula is C14H16ClN3O. The van der Waals surface area contributed by atoms with E-state index in [2.05, 4.69) is 15.6 Å². The summed E-state index contributed by atoms with van der Waals surface area (Å²) in [4.78, 5) is 4.28. The van der Waals surface area contributed by atoms with Crippen molar-refractivity contribution in [2.45, 2.75) is 19.9 Å². The van der Waals surface area contributed by atoms with Crippen molar-refractivity contribution in [1.82, 2.24) is 4.98 Å². The quantitative estimate of drug-likeness (QED) is 0.739. The second-order valence-corrected chi connectivity index (χ2v) is 4.96. The van der Waals surface area contributed by atoms with E-state index in [4.69, 9.17) is 11.6 Å². The SMILES string of the molecule is CC(C)Nc1cc(Cl)cnc1Nc1ccc(O)cc1. The van der Waals surface area contributed by atoms with E-state index in [1.165, 1.54) is 0 Å². The molecule has 0 radical (unpaired) electrons. The Balaban J connectivity index is 2.26. The number of phenolic OH excluding ortho intramolecular Hbond substituents is 1. The lowest BCUT2D eigenvalue weighted by atomic mass is 10.3. The van der Waals surface area contributed by atoms with Gasteiger partial charge in [-0.05, 0) is 44.2 Å². The molecule has 1 aromatic carbocycles. The number of benzene rings is 1. The highest BCUT2D eigenvalue weighted by atomic mass is 35.5. The van der Waals surface area contributed by atoms with E-state index in [1.807, 2.05) is 19.9 Å². The highest BCUT2D eigenvalue weighted by Crippen LogP contribution is 2.27. The zero-order chi connectivity index (χ0) is 13.8. The van der Waals surface area contributed by atoms with Crippen LogP contribution in [0.4, 0.5) is 17.2 Å². The number of aromatic hydroxyl groups is 1. The molecule has 19 heavy (non-hydrogen) atoms. The van der Waals surface area contributed by atoms with Gasteiger partial charge in [0.25, 0.3) is 0 Å². The summed E-state index contributed by atoms with van der Waals surface area (Å²) < 4.78 is 0. The summed E-state index contributed by atoms with van der Waals surface area (Å²) in [5, 5.41) is 16.3. The summed E-state index contributed by atoms with van der Waals surface area (Å²) in [6, 6.07) is 8.91. The summed E-state index contributed by atoms with van der Waals surface area (Å²) in [5.41, 5.74) is 1.69. The number of phenols is 1. The van der Waals surface area contributed by atoms with Gasteiger partial charge in [0.15, 0.2) is 5.82 Å². The minimum Gasteiger partial charge on any atom is -0.508 e. The van der Waals surface area contributed by atoms with Gasteiger partial charge in [0, 0.05) is 17.9 Å². The average molecular weight is 278 g/mol. The van der Waals surface area contributed by atoms with Crippen molar-refractivity contribution in [3.63, 3.8) is 0 Å². The van der Waals surface area contributed by atoms with Crippen LogP contribution >= 0.6 is 11.6 Å². The van der Waals surface area contributed by atoms with Gasteiger partial charge in [-0.25, -0.2) is 4.98 Å². The normalized spacial score (nSPS) is 10.5. The van der Waals surface area contributed by atoms with E-state index in [-0.39, 0.29) is 11.8 Å². The smallest absolute Gasteiger partial charge is 0.153 e. The molecule has 1 heterocycles. The molecule has 0 bridgehead atoms. The standard InChI is InChI=1S/C14H16ClN3O/c1-9(2)17-13-7-10(15)8-16-14(13)18-11-3-5-12(19)6-4-11/h3-9,17,19H,1-2H3,(H,16,18). The van der Waals surface area contributed by atoms with Gasteiger partial charge in [0.05, 0.1) is 10.7 Å². The lowest BCUT2D eigenvalue weighted by Gasteiger charge is -2.15. The number of nitrogens with zero attached hydrogens (tertiary/aromatic N) is 1. The molecule has 0 atom stereocenters. The van der Waals surface area contributed by atoms with Crippen LogP contribution in [0.2, 0.25) is 5.02 Å². The second kappa shape index (κ2) is 5.80. The van der Waals surface area contributed by atoms with E-state index < -0.39 is 0 Å². The third kappa shape index (κ3) is 3.76. The summed E-state index contributed by atoms with van der Waals surface area (Å²) in [5.74, 6) is 0.930. The fraction of sp³-hybridized carbons (Fsp3) is 0.214. The van der Waals surface area contributed by atoms with E-state index in [9.17, 15) is 5.11 Å². The van der Waals surface area contributed by atoms with Gasteiger partial charge in [0.1, 0.15) is 5.75 Å². The van der Waals surface area contributed by atoms with Gasteiger partial charge in [-0.3, -0.25) is 0 Å². The van der Waals surface area contributed by atoms with Crippen LogP contribution < -0.4 is 10.6 Å². The van der Waals surface area contributed by atoms with Crippen LogP contribution in [-0.2, 0) is 0 Å². The Kier molecular flexibility index (Phi) is 4.12. The Morgan fingerprint density at radius 1 is 1.21 bits per heavy atom. The number of pyridine rings is 1. The Morgan fingerprint density at radius 3 is 2.53 bits per heavy atom. The minimum atomic E-state index is 0.232. The fourth-order valence-corrected chi connectivity index (χ4v) is 1.80. The summed E-state index contributed by atoms with van der Waals surface area (Å²) in [7, 11) is 0. The summed E-state index contributed by atoms with van der Waals surface area (Å²) in [6.07, 6.45) is 1.59. The van der Waals surface area contributed by atoms with Gasteiger partial charge in [-0.1, -0.05) is 11.6 Å². The van der Waals surface area contributed by atoms with Crippen LogP contribution in [-0.4, -0.2) is 16.1 Å². The van der Waals surface area contributed by atoms with Gasteiger partial charge in [-0.15, -0.1) is 0 Å². The summed E-state index contributed by atoms with van der Waals surface area (Å²) >= 11 is 5.96. The first kappa shape index (κ1) is 13.5. The molecular weight excluding hydrogens is 262 g/mol. The molecule has 0 unspecified atom stereocenters. The first-order chi connectivity index (χ1) is 9.04. The van der Waals surface area contributed by atoms with Crippen molar-refractivity contribution in [3.05, 3.63) is 41.6 Å². The second-order valence-electron chi connectivity index (χ2n) is 4.52. The number of halogens is 1. The molecule has 5 heteroatoms. The molecule has 0 amide bonds. The number of anilines is 3. The Labute approximate surface area is 117 Å². The van der Waals surface area contributed by atoms with Crippen LogP contribution in [0.25, 0.3) is 0 Å². The highest BCUT2D eigenvalue weighted by Gasteiger charge is 2.07. The van der Waals surface area contributed by atoms with Gasteiger partial charge in [-0.2, -0.15) is 0 Å². The molecule has 0 aliphatic rings. The molecule has 2 aromatic rings. The highest BCUT2D eigenvalue weighted by molar-refractivity contribution is 6.30. The predicted octanol–water partition coefficient (Wildman–Crippen LogP) is 4.00. The van der Waals surface area contributed by atoms with Crippen LogP contribution in [0, 0.1) is 0 Å². The molecule has 2 rings (SSSR count). The Morgan fingerprint density at radius 2 is 1.89 bits per heavy atom. The number of hydrogen-bond donors (Lipinski definition) is 3. The van der Waals surface area contributed by atoms with Crippen molar-refractivity contribution in [2.75, 3.05) is 10.6 Å². The van der Waals surface area contributed by atoms with Crippen LogP contribution in [0.15, 0.2) is 36.5 Å². The third-order valence-electron chi connectivity index (χ3n) is 2.43. The van der Waals surface area contributed by atoms with Gasteiger partial charge in [0.2, 0.25) is 0 Å². The molecule has 100 valence electrons. The zero-order valence-corrected chi connectivity index (χ0v) is 11.6. The predicted molar refractivity (Wildman–Crippen MR) is 79.4 cm³/mol. The number of nitrogens with one attached hydrogen (secondary N) is 2. The van der Waals surface area contributed by atoms with E-state index in [0.29, 0.717) is 10.8 Å². The van der Waals surface area contributed by atoms with Crippen molar-refractivity contribution >= 4 is 28.8 Å². The molecule has 3 N–H and O–H groups in total. The van der Waals surface area contributed by atoms with Crippen molar-refractivity contribution in [1.29, 1.82) is 0 Å². The topological polar surface area (TPSA) is 57.2 Å². The van der Waals surface area contributed by atoms with Gasteiger partial charge < -0.3 is 15.7 Å². The molecule has 0 aliphatic heterocycles. The van der Waals surface area contributed by atoms with Crippen molar-refractivity contribution in [2.24, 2.45) is 0 Å².